The van der Waals surface area contributed by atoms with Gasteiger partial charge in [0.25, 0.3) is 0 Å². The third-order valence-electron chi connectivity index (χ3n) is 2.89. The lowest BCUT2D eigenvalue weighted by molar-refractivity contribution is 0.117. The van der Waals surface area contributed by atoms with Gasteiger partial charge in [0.2, 0.25) is 0 Å². The van der Waals surface area contributed by atoms with Crippen molar-refractivity contribution in [1.29, 1.82) is 0 Å². The fourth-order valence-electron chi connectivity index (χ4n) is 2.04. The molecule has 1 amide bonds. The third-order valence-corrected chi connectivity index (χ3v) is 3.85. The van der Waals surface area contributed by atoms with Crippen LogP contribution in [0.1, 0.15) is 12.8 Å². The zero-order valence-electron chi connectivity index (χ0n) is 9.34. The highest BCUT2D eigenvalue weighted by atomic mass is 79.9. The van der Waals surface area contributed by atoms with Crippen LogP contribution in [0, 0.1) is 0 Å². The standard InChI is InChI=1S/C12H15BrN2O2/c13-10-7-4-8-15(12(16)17)11(10)14-9-5-2-1-3-6-9/h1-3,5-6,10-11,14H,4,7-8H2,(H,16,17). The van der Waals surface area contributed by atoms with Gasteiger partial charge >= 0.3 is 6.09 Å². The Morgan fingerprint density at radius 2 is 2.12 bits per heavy atom. The Bertz CT molecular complexity index is 385. The number of piperidine rings is 1. The molecule has 1 aromatic rings. The number of likely N-dealkylation sites (tertiary alicyclic amines) is 1. The number of alkyl halides is 1. The topological polar surface area (TPSA) is 52.6 Å². The smallest absolute Gasteiger partial charge is 0.408 e. The van der Waals surface area contributed by atoms with Crippen molar-refractivity contribution in [2.75, 3.05) is 11.9 Å². The van der Waals surface area contributed by atoms with Gasteiger partial charge in [-0.3, -0.25) is 4.90 Å². The first kappa shape index (κ1) is 12.2. The van der Waals surface area contributed by atoms with Crippen LogP contribution in [0.3, 0.4) is 0 Å². The summed E-state index contributed by atoms with van der Waals surface area (Å²) in [7, 11) is 0. The number of benzene rings is 1. The highest BCUT2D eigenvalue weighted by molar-refractivity contribution is 9.09. The Hall–Kier alpha value is -1.23. The molecule has 2 rings (SSSR count). The van der Waals surface area contributed by atoms with E-state index in [1.54, 1.807) is 0 Å². The fourth-order valence-corrected chi connectivity index (χ4v) is 2.78. The van der Waals surface area contributed by atoms with Crippen molar-refractivity contribution in [2.24, 2.45) is 0 Å². The molecule has 0 saturated carbocycles. The van der Waals surface area contributed by atoms with Crippen LogP contribution in [0.5, 0.6) is 0 Å². The van der Waals surface area contributed by atoms with Gasteiger partial charge in [-0.25, -0.2) is 4.79 Å². The molecule has 5 heteroatoms. The molecule has 1 heterocycles. The molecule has 1 fully saturated rings. The number of carboxylic acid groups (broad SMARTS) is 1. The van der Waals surface area contributed by atoms with Crippen LogP contribution in [0.15, 0.2) is 30.3 Å². The normalized spacial score (nSPS) is 24.4. The summed E-state index contributed by atoms with van der Waals surface area (Å²) in [6.45, 7) is 0.585. The van der Waals surface area contributed by atoms with E-state index in [9.17, 15) is 4.79 Å². The van der Waals surface area contributed by atoms with Crippen LogP contribution in [0.25, 0.3) is 0 Å². The van der Waals surface area contributed by atoms with Crippen molar-refractivity contribution in [3.8, 4) is 0 Å². The number of para-hydroxylation sites is 1. The molecule has 0 aliphatic carbocycles. The van der Waals surface area contributed by atoms with E-state index < -0.39 is 6.09 Å². The van der Waals surface area contributed by atoms with Gasteiger partial charge in [-0.05, 0) is 25.0 Å². The first-order valence-corrected chi connectivity index (χ1v) is 6.55. The molecule has 92 valence electrons. The summed E-state index contributed by atoms with van der Waals surface area (Å²) in [5, 5.41) is 12.4. The maximum atomic E-state index is 11.2. The second-order valence-electron chi connectivity index (χ2n) is 4.09. The Morgan fingerprint density at radius 1 is 1.41 bits per heavy atom. The van der Waals surface area contributed by atoms with E-state index in [-0.39, 0.29) is 11.0 Å². The minimum absolute atomic E-state index is 0.146. The van der Waals surface area contributed by atoms with E-state index in [2.05, 4.69) is 21.2 Å². The molecule has 0 aromatic heterocycles. The lowest BCUT2D eigenvalue weighted by atomic mass is 10.1. The Labute approximate surface area is 109 Å². The van der Waals surface area contributed by atoms with Crippen molar-refractivity contribution in [2.45, 2.75) is 23.8 Å². The van der Waals surface area contributed by atoms with Gasteiger partial charge in [0.15, 0.2) is 0 Å². The summed E-state index contributed by atoms with van der Waals surface area (Å²) in [5.74, 6) is 0. The molecule has 2 atom stereocenters. The molecule has 1 saturated heterocycles. The summed E-state index contributed by atoms with van der Waals surface area (Å²) in [6.07, 6.45) is 0.801. The summed E-state index contributed by atoms with van der Waals surface area (Å²) in [4.78, 5) is 12.8. The predicted molar refractivity (Wildman–Crippen MR) is 70.5 cm³/mol. The molecule has 2 N–H and O–H groups in total. The lowest BCUT2D eigenvalue weighted by Crippen LogP contribution is -2.52. The Balaban J connectivity index is 2.12. The van der Waals surface area contributed by atoms with Crippen LogP contribution in [-0.2, 0) is 0 Å². The average Bonchev–Trinajstić information content (AvgIpc) is 2.33. The first-order valence-electron chi connectivity index (χ1n) is 5.63. The molecule has 0 bridgehead atoms. The Morgan fingerprint density at radius 3 is 2.76 bits per heavy atom. The molecule has 17 heavy (non-hydrogen) atoms. The van der Waals surface area contributed by atoms with E-state index in [0.717, 1.165) is 18.5 Å². The average molecular weight is 299 g/mol. The van der Waals surface area contributed by atoms with Crippen LogP contribution in [0.4, 0.5) is 10.5 Å². The highest BCUT2D eigenvalue weighted by Crippen LogP contribution is 2.25. The molecular weight excluding hydrogens is 284 g/mol. The van der Waals surface area contributed by atoms with Crippen molar-refractivity contribution in [1.82, 2.24) is 4.90 Å². The van der Waals surface area contributed by atoms with Crippen LogP contribution < -0.4 is 5.32 Å². The number of nitrogens with one attached hydrogen (secondary N) is 1. The number of anilines is 1. The van der Waals surface area contributed by atoms with Gasteiger partial charge in [0.1, 0.15) is 6.17 Å². The fraction of sp³-hybridized carbons (Fsp3) is 0.417. The number of nitrogens with zero attached hydrogens (tertiary/aromatic N) is 1. The zero-order chi connectivity index (χ0) is 12.3. The summed E-state index contributed by atoms with van der Waals surface area (Å²) >= 11 is 3.55. The summed E-state index contributed by atoms with van der Waals surface area (Å²) in [5.41, 5.74) is 0.940. The maximum absolute atomic E-state index is 11.2. The maximum Gasteiger partial charge on any atom is 0.408 e. The van der Waals surface area contributed by atoms with Crippen LogP contribution in [0.2, 0.25) is 0 Å². The molecule has 1 aliphatic heterocycles. The van der Waals surface area contributed by atoms with Gasteiger partial charge in [0, 0.05) is 12.2 Å². The van der Waals surface area contributed by atoms with Crippen LogP contribution >= 0.6 is 15.9 Å². The SMILES string of the molecule is O=C(O)N1CCCC(Br)C1Nc1ccccc1. The number of rotatable bonds is 2. The van der Waals surface area contributed by atoms with Gasteiger partial charge < -0.3 is 10.4 Å². The van der Waals surface area contributed by atoms with Gasteiger partial charge in [-0.1, -0.05) is 34.1 Å². The second kappa shape index (κ2) is 5.40. The third kappa shape index (κ3) is 2.91. The van der Waals surface area contributed by atoms with Crippen molar-refractivity contribution in [3.05, 3.63) is 30.3 Å². The van der Waals surface area contributed by atoms with E-state index >= 15 is 0 Å². The molecule has 0 spiro atoms. The van der Waals surface area contributed by atoms with E-state index in [1.165, 1.54) is 4.90 Å². The van der Waals surface area contributed by atoms with Crippen LogP contribution in [-0.4, -0.2) is 33.6 Å². The van der Waals surface area contributed by atoms with Gasteiger partial charge in [0.05, 0.1) is 4.83 Å². The van der Waals surface area contributed by atoms with Crippen molar-refractivity contribution < 1.29 is 9.90 Å². The largest absolute Gasteiger partial charge is 0.465 e. The Kier molecular flexibility index (Phi) is 3.89. The highest BCUT2D eigenvalue weighted by Gasteiger charge is 2.32. The number of carbonyl (C=O) groups is 1. The van der Waals surface area contributed by atoms with Gasteiger partial charge in [-0.15, -0.1) is 0 Å². The minimum Gasteiger partial charge on any atom is -0.465 e. The molecule has 2 unspecified atom stereocenters. The van der Waals surface area contributed by atoms with E-state index in [1.807, 2.05) is 30.3 Å². The van der Waals surface area contributed by atoms with E-state index in [0.29, 0.717) is 6.54 Å². The van der Waals surface area contributed by atoms with Crippen molar-refractivity contribution in [3.63, 3.8) is 0 Å². The summed E-state index contributed by atoms with van der Waals surface area (Å²) < 4.78 is 0. The quantitative estimate of drug-likeness (QED) is 0.826. The number of hydrogen-bond donors (Lipinski definition) is 2. The lowest BCUT2D eigenvalue weighted by Gasteiger charge is -2.38. The predicted octanol–water partition coefficient (Wildman–Crippen LogP) is 2.96. The monoisotopic (exact) mass is 298 g/mol. The van der Waals surface area contributed by atoms with Gasteiger partial charge in [-0.2, -0.15) is 0 Å². The summed E-state index contributed by atoms with van der Waals surface area (Å²) in [6, 6.07) is 9.67. The number of halogens is 1. The molecular formula is C12H15BrN2O2. The number of amides is 1. The zero-order valence-corrected chi connectivity index (χ0v) is 10.9. The van der Waals surface area contributed by atoms with Crippen molar-refractivity contribution >= 4 is 27.7 Å². The van der Waals surface area contributed by atoms with E-state index in [4.69, 9.17) is 5.11 Å². The minimum atomic E-state index is -0.873. The molecule has 1 aliphatic rings. The molecule has 1 aromatic carbocycles. The number of hydrogen-bond acceptors (Lipinski definition) is 2. The second-order valence-corrected chi connectivity index (χ2v) is 5.27. The first-order chi connectivity index (χ1) is 8.18. The molecule has 0 radical (unpaired) electrons. The molecule has 4 nitrogen and oxygen atoms in total.